The summed E-state index contributed by atoms with van der Waals surface area (Å²) in [5.41, 5.74) is 6.69. The molecule has 0 spiro atoms. The summed E-state index contributed by atoms with van der Waals surface area (Å²) >= 11 is 6.54. The van der Waals surface area contributed by atoms with Gasteiger partial charge in [-0.05, 0) is 73.1 Å². The van der Waals surface area contributed by atoms with E-state index in [1.54, 1.807) is 29.2 Å². The van der Waals surface area contributed by atoms with Gasteiger partial charge in [-0.1, -0.05) is 63.6 Å². The van der Waals surface area contributed by atoms with Gasteiger partial charge < -0.3 is 11.1 Å². The van der Waals surface area contributed by atoms with Crippen LogP contribution in [0.4, 0.5) is 8.78 Å². The maximum Gasteiger partial charge on any atom is 0.297 e. The lowest BCUT2D eigenvalue weighted by Gasteiger charge is -2.45. The molecule has 1 aromatic carbocycles. The fourth-order valence-electron chi connectivity index (χ4n) is 7.19. The average Bonchev–Trinajstić information content (AvgIpc) is 3.96. The lowest BCUT2D eigenvalue weighted by atomic mass is 9.61. The fraction of sp³-hybridized carbons (Fsp3) is 0.528. The van der Waals surface area contributed by atoms with Crippen molar-refractivity contribution in [3.63, 3.8) is 0 Å². The molecule has 270 valence electrons. The minimum absolute atomic E-state index is 0.00645. The zero-order valence-corrected chi connectivity index (χ0v) is 29.9. The molecule has 1 unspecified atom stereocenters. The van der Waals surface area contributed by atoms with E-state index in [0.29, 0.717) is 36.8 Å². The number of nitrogens with two attached hydrogens (primary N) is 1. The third-order valence-electron chi connectivity index (χ3n) is 10.2. The highest BCUT2D eigenvalue weighted by molar-refractivity contribution is 6.32. The number of hydrogen-bond acceptors (Lipinski definition) is 8. The average molecular weight is 721 g/mol. The van der Waals surface area contributed by atoms with Gasteiger partial charge in [-0.15, -0.1) is 0 Å². The quantitative estimate of drug-likeness (QED) is 0.229. The van der Waals surface area contributed by atoms with Crippen molar-refractivity contribution in [1.82, 2.24) is 40.0 Å². The van der Waals surface area contributed by atoms with Gasteiger partial charge in [0.1, 0.15) is 12.0 Å². The zero-order valence-electron chi connectivity index (χ0n) is 29.2. The van der Waals surface area contributed by atoms with Crippen LogP contribution in [0.15, 0.2) is 53.9 Å². The van der Waals surface area contributed by atoms with Crippen LogP contribution in [-0.2, 0) is 9.59 Å². The van der Waals surface area contributed by atoms with E-state index < -0.39 is 29.2 Å². The van der Waals surface area contributed by atoms with E-state index >= 15 is 4.79 Å². The smallest absolute Gasteiger partial charge is 0.297 e. The number of carbonyl (C=O) groups excluding carboxylic acids is 2. The van der Waals surface area contributed by atoms with Crippen molar-refractivity contribution in [2.24, 2.45) is 27.5 Å². The van der Waals surface area contributed by atoms with E-state index in [4.69, 9.17) is 22.3 Å². The molecule has 0 radical (unpaired) electrons. The second kappa shape index (κ2) is 12.9. The number of aliphatic imine (C=N–C) groups is 1. The Balaban J connectivity index is 1.25. The van der Waals surface area contributed by atoms with E-state index in [-0.39, 0.29) is 40.4 Å². The first-order valence-electron chi connectivity index (χ1n) is 17.4. The Labute approximate surface area is 300 Å². The summed E-state index contributed by atoms with van der Waals surface area (Å²) in [5.74, 6) is -0.683. The van der Waals surface area contributed by atoms with Gasteiger partial charge in [0, 0.05) is 18.4 Å². The van der Waals surface area contributed by atoms with Crippen LogP contribution in [0, 0.1) is 16.7 Å². The number of amides is 2. The monoisotopic (exact) mass is 720 g/mol. The highest BCUT2D eigenvalue weighted by Crippen LogP contribution is 2.52. The number of aromatic nitrogens is 6. The van der Waals surface area contributed by atoms with Gasteiger partial charge in [0.25, 0.3) is 12.3 Å². The molecule has 51 heavy (non-hydrogen) atoms. The Hall–Kier alpha value is -4.46. The van der Waals surface area contributed by atoms with E-state index in [9.17, 15) is 13.6 Å². The Morgan fingerprint density at radius 2 is 1.94 bits per heavy atom. The topological polar surface area (TPSA) is 149 Å². The minimum atomic E-state index is -2.91. The first kappa shape index (κ1) is 35.0. The molecule has 0 bridgehead atoms. The van der Waals surface area contributed by atoms with Crippen LogP contribution in [0.2, 0.25) is 5.02 Å². The maximum atomic E-state index is 15.2. The van der Waals surface area contributed by atoms with Gasteiger partial charge in [-0.25, -0.2) is 23.4 Å². The van der Waals surface area contributed by atoms with Gasteiger partial charge in [-0.2, -0.15) is 20.1 Å². The number of alkyl halides is 2. The second-order valence-corrected chi connectivity index (χ2v) is 16.1. The summed E-state index contributed by atoms with van der Waals surface area (Å²) in [5, 5.41) is 16.3. The summed E-state index contributed by atoms with van der Waals surface area (Å²) < 4.78 is 28.7. The highest BCUT2D eigenvalue weighted by atomic mass is 35.5. The standard InChI is InChI=1S/C36H43ClF2N10O2/c1-34(2,3)19-36(35(4)13-11-22(12-14-35)26-17-43-49(46-26)24-8-9-24)32(51)47(33(40)45-36)28(18-41-29(50)15-21-5-6-21)23-7-10-25(37)27(16-23)48-31(30(38)39)42-20-44-48/h7,10-13,16-17,20-21,24,28,30H,5-6,8-9,14-15,18-19H2,1-4H3,(H2,40,45)(H,41,50)/t28-,35?,36+/m1/s1. The predicted octanol–water partition coefficient (Wildman–Crippen LogP) is 6.12. The molecule has 3 atom stereocenters. The summed E-state index contributed by atoms with van der Waals surface area (Å²) in [6, 6.07) is 4.34. The number of nitrogens with zero attached hydrogens (tertiary/aromatic N) is 8. The Bertz CT molecular complexity index is 1940. The largest absolute Gasteiger partial charge is 0.369 e. The van der Waals surface area contributed by atoms with Crippen molar-refractivity contribution in [1.29, 1.82) is 0 Å². The molecule has 15 heteroatoms. The molecule has 3 aliphatic carbocycles. The number of halogens is 3. The number of benzene rings is 1. The molecule has 2 fully saturated rings. The first-order chi connectivity index (χ1) is 24.2. The van der Waals surface area contributed by atoms with Crippen molar-refractivity contribution < 1.29 is 18.4 Å². The molecular weight excluding hydrogens is 678 g/mol. The van der Waals surface area contributed by atoms with Crippen LogP contribution in [0.3, 0.4) is 0 Å². The van der Waals surface area contributed by atoms with E-state index in [1.165, 1.54) is 4.90 Å². The Morgan fingerprint density at radius 1 is 1.18 bits per heavy atom. The Kier molecular flexibility index (Phi) is 8.87. The molecule has 1 aliphatic heterocycles. The molecule has 2 amide bonds. The molecule has 3 heterocycles. The number of carbonyl (C=O) groups is 2. The van der Waals surface area contributed by atoms with E-state index in [0.717, 1.165) is 48.0 Å². The number of guanidine groups is 1. The van der Waals surface area contributed by atoms with Crippen molar-refractivity contribution in [3.05, 3.63) is 71.1 Å². The third-order valence-corrected chi connectivity index (χ3v) is 10.6. The molecule has 3 N–H and O–H groups in total. The summed E-state index contributed by atoms with van der Waals surface area (Å²) in [6.07, 6.45) is 11.4. The van der Waals surface area contributed by atoms with Gasteiger partial charge in [0.15, 0.2) is 17.3 Å². The van der Waals surface area contributed by atoms with Crippen molar-refractivity contribution in [3.8, 4) is 5.69 Å². The van der Waals surface area contributed by atoms with E-state index in [1.807, 2.05) is 19.1 Å². The summed E-state index contributed by atoms with van der Waals surface area (Å²) in [6.45, 7) is 8.20. The summed E-state index contributed by atoms with van der Waals surface area (Å²) in [7, 11) is 0. The SMILES string of the molecule is CC(C)(C)C[C@]1(C2(C)C=CC(c3cnn(C4CC4)n3)=CC2)N=C(N)N([C@H](CNC(=O)CC2CC2)c2ccc(Cl)c(-n3ncnc3C(F)F)c2)C1=O. The third kappa shape index (κ3) is 6.82. The molecular formula is C36H43ClF2N10O2. The molecule has 4 aliphatic rings. The number of nitrogens with one attached hydrogen (secondary N) is 1. The molecule has 2 saturated carbocycles. The van der Waals surface area contributed by atoms with Crippen molar-refractivity contribution in [2.45, 2.75) is 96.7 Å². The molecule has 0 saturated heterocycles. The van der Waals surface area contributed by atoms with Gasteiger partial charge >= 0.3 is 0 Å². The molecule has 3 aromatic rings. The zero-order chi connectivity index (χ0) is 36.3. The van der Waals surface area contributed by atoms with Crippen LogP contribution >= 0.6 is 11.6 Å². The number of hydrogen-bond donors (Lipinski definition) is 2. The normalized spacial score (nSPS) is 24.2. The number of rotatable bonds is 12. The summed E-state index contributed by atoms with van der Waals surface area (Å²) in [4.78, 5) is 40.2. The molecule has 12 nitrogen and oxygen atoms in total. The van der Waals surface area contributed by atoms with E-state index in [2.05, 4.69) is 52.4 Å². The molecule has 7 rings (SSSR count). The second-order valence-electron chi connectivity index (χ2n) is 15.6. The highest BCUT2D eigenvalue weighted by Gasteiger charge is 2.60. The maximum absolute atomic E-state index is 15.2. The fourth-order valence-corrected chi connectivity index (χ4v) is 7.38. The van der Waals surface area contributed by atoms with Gasteiger partial charge in [-0.3, -0.25) is 14.5 Å². The van der Waals surface area contributed by atoms with Crippen LogP contribution in [0.25, 0.3) is 11.3 Å². The van der Waals surface area contributed by atoms with Crippen molar-refractivity contribution in [2.75, 3.05) is 6.54 Å². The predicted molar refractivity (Wildman–Crippen MR) is 188 cm³/mol. The Morgan fingerprint density at radius 3 is 2.59 bits per heavy atom. The lowest BCUT2D eigenvalue weighted by molar-refractivity contribution is -0.138. The van der Waals surface area contributed by atoms with Gasteiger partial charge in [0.05, 0.1) is 29.0 Å². The molecule has 2 aromatic heterocycles. The number of allylic oxidation sites excluding steroid dienone is 3. The van der Waals surface area contributed by atoms with Crippen molar-refractivity contribution >= 4 is 34.9 Å². The lowest BCUT2D eigenvalue weighted by Crippen LogP contribution is -2.56. The van der Waals surface area contributed by atoms with Crippen LogP contribution in [-0.4, -0.2) is 64.5 Å². The first-order valence-corrected chi connectivity index (χ1v) is 17.8. The van der Waals surface area contributed by atoms with Gasteiger partial charge in [0.2, 0.25) is 5.91 Å². The van der Waals surface area contributed by atoms with Crippen LogP contribution in [0.1, 0.15) is 108 Å². The minimum Gasteiger partial charge on any atom is -0.369 e. The van der Waals surface area contributed by atoms with Crippen LogP contribution < -0.4 is 11.1 Å². The van der Waals surface area contributed by atoms with Crippen LogP contribution in [0.5, 0.6) is 0 Å².